The van der Waals surface area contributed by atoms with Crippen molar-refractivity contribution in [3.63, 3.8) is 0 Å². The highest BCUT2D eigenvalue weighted by Gasteiger charge is 2.17. The zero-order valence-corrected chi connectivity index (χ0v) is 11.1. The Balaban J connectivity index is 2.12. The van der Waals surface area contributed by atoms with Gasteiger partial charge in [-0.25, -0.2) is 0 Å². The predicted octanol–water partition coefficient (Wildman–Crippen LogP) is 2.04. The van der Waals surface area contributed by atoms with Crippen molar-refractivity contribution in [2.75, 3.05) is 24.5 Å². The predicted molar refractivity (Wildman–Crippen MR) is 78.5 cm³/mol. The number of nitrogens with zero attached hydrogens (tertiary/aromatic N) is 2. The van der Waals surface area contributed by atoms with Gasteiger partial charge in [-0.2, -0.15) is 5.26 Å². The molecule has 1 aliphatic rings. The molecule has 0 radical (unpaired) electrons. The fourth-order valence-electron chi connectivity index (χ4n) is 2.67. The van der Waals surface area contributed by atoms with E-state index in [1.807, 2.05) is 36.4 Å². The number of carbonyl (C=O) groups is 1. The summed E-state index contributed by atoms with van der Waals surface area (Å²) in [5.41, 5.74) is 1.69. The Labute approximate surface area is 117 Å². The van der Waals surface area contributed by atoms with Gasteiger partial charge in [-0.1, -0.05) is 24.3 Å². The van der Waals surface area contributed by atoms with E-state index in [9.17, 15) is 10.1 Å². The first-order valence-corrected chi connectivity index (χ1v) is 6.73. The van der Waals surface area contributed by atoms with Crippen LogP contribution in [0, 0.1) is 11.3 Å². The summed E-state index contributed by atoms with van der Waals surface area (Å²) in [7, 11) is 0. The monoisotopic (exact) mass is 265 g/mol. The lowest BCUT2D eigenvalue weighted by molar-refractivity contribution is -0.119. The topological polar surface area (TPSA) is 56.1 Å². The van der Waals surface area contributed by atoms with Crippen LogP contribution in [0.4, 0.5) is 5.69 Å². The largest absolute Gasteiger partial charge is 0.362 e. The number of nitrogens with one attached hydrogen (secondary N) is 1. The maximum Gasteiger partial charge on any atom is 0.239 e. The van der Waals surface area contributed by atoms with Gasteiger partial charge in [0.2, 0.25) is 5.91 Å². The van der Waals surface area contributed by atoms with E-state index in [2.05, 4.69) is 16.3 Å². The molecule has 0 atom stereocenters. The lowest BCUT2D eigenvalue weighted by Crippen LogP contribution is -2.33. The molecule has 20 heavy (non-hydrogen) atoms. The summed E-state index contributed by atoms with van der Waals surface area (Å²) in [6.45, 7) is 1.94. The highest BCUT2D eigenvalue weighted by molar-refractivity contribution is 5.99. The normalized spacial score (nSPS) is 15.6. The van der Waals surface area contributed by atoms with Crippen molar-refractivity contribution in [2.24, 2.45) is 0 Å². The zero-order valence-electron chi connectivity index (χ0n) is 11.1. The van der Waals surface area contributed by atoms with Crippen molar-refractivity contribution in [1.29, 1.82) is 5.26 Å². The summed E-state index contributed by atoms with van der Waals surface area (Å²) >= 11 is 0. The third-order valence-corrected chi connectivity index (χ3v) is 3.62. The molecule has 1 saturated heterocycles. The lowest BCUT2D eigenvalue weighted by atomic mass is 10.0. The SMILES string of the molecule is N#Cc1ccc(N2CCCNC(=O)C2)c2ccccc12. The molecule has 0 saturated carbocycles. The first kappa shape index (κ1) is 12.5. The van der Waals surface area contributed by atoms with Crippen molar-refractivity contribution in [1.82, 2.24) is 5.32 Å². The van der Waals surface area contributed by atoms with Crippen molar-refractivity contribution < 1.29 is 4.79 Å². The van der Waals surface area contributed by atoms with Crippen LogP contribution < -0.4 is 10.2 Å². The maximum absolute atomic E-state index is 11.7. The number of amides is 1. The molecule has 100 valence electrons. The van der Waals surface area contributed by atoms with Gasteiger partial charge in [0, 0.05) is 29.5 Å². The van der Waals surface area contributed by atoms with Gasteiger partial charge in [-0.05, 0) is 18.6 Å². The molecule has 0 aliphatic carbocycles. The fourth-order valence-corrected chi connectivity index (χ4v) is 2.67. The van der Waals surface area contributed by atoms with Crippen LogP contribution in [-0.4, -0.2) is 25.5 Å². The molecule has 0 unspecified atom stereocenters. The van der Waals surface area contributed by atoms with E-state index < -0.39 is 0 Å². The lowest BCUT2D eigenvalue weighted by Gasteiger charge is -2.23. The van der Waals surface area contributed by atoms with Gasteiger partial charge in [0.25, 0.3) is 0 Å². The van der Waals surface area contributed by atoms with Gasteiger partial charge >= 0.3 is 0 Å². The smallest absolute Gasteiger partial charge is 0.239 e. The number of hydrogen-bond donors (Lipinski definition) is 1. The molecular formula is C16H15N3O. The van der Waals surface area contributed by atoms with Crippen LogP contribution >= 0.6 is 0 Å². The van der Waals surface area contributed by atoms with E-state index in [-0.39, 0.29) is 5.91 Å². The van der Waals surface area contributed by atoms with Gasteiger partial charge in [-0.3, -0.25) is 4.79 Å². The highest BCUT2D eigenvalue weighted by Crippen LogP contribution is 2.29. The van der Waals surface area contributed by atoms with Crippen LogP contribution in [-0.2, 0) is 4.79 Å². The average molecular weight is 265 g/mol. The van der Waals surface area contributed by atoms with Crippen LogP contribution in [0.25, 0.3) is 10.8 Å². The molecule has 1 amide bonds. The zero-order chi connectivity index (χ0) is 13.9. The highest BCUT2D eigenvalue weighted by atomic mass is 16.2. The Morgan fingerprint density at radius 2 is 1.95 bits per heavy atom. The standard InChI is InChI=1S/C16H15N3O/c17-10-12-6-7-15(14-5-2-1-4-13(12)14)19-9-3-8-18-16(20)11-19/h1-2,4-7H,3,8-9,11H2,(H,18,20). The second kappa shape index (κ2) is 5.22. The third-order valence-electron chi connectivity index (χ3n) is 3.62. The van der Waals surface area contributed by atoms with Crippen LogP contribution in [0.15, 0.2) is 36.4 Å². The number of rotatable bonds is 1. The minimum atomic E-state index is 0.0518. The van der Waals surface area contributed by atoms with Gasteiger partial charge < -0.3 is 10.2 Å². The van der Waals surface area contributed by atoms with Gasteiger partial charge in [0.15, 0.2) is 0 Å². The number of hydrogen-bond acceptors (Lipinski definition) is 3. The Morgan fingerprint density at radius 3 is 2.75 bits per heavy atom. The van der Waals surface area contributed by atoms with Crippen molar-refractivity contribution in [3.8, 4) is 6.07 Å². The van der Waals surface area contributed by atoms with Crippen molar-refractivity contribution in [2.45, 2.75) is 6.42 Å². The van der Waals surface area contributed by atoms with E-state index in [0.29, 0.717) is 12.1 Å². The summed E-state index contributed by atoms with van der Waals surface area (Å²) in [5.74, 6) is 0.0518. The number of benzene rings is 2. The quantitative estimate of drug-likeness (QED) is 0.858. The molecule has 2 aromatic carbocycles. The number of nitriles is 1. The summed E-state index contributed by atoms with van der Waals surface area (Å²) in [5, 5.41) is 14.0. The Hall–Kier alpha value is -2.54. The van der Waals surface area contributed by atoms with Crippen molar-refractivity contribution in [3.05, 3.63) is 42.0 Å². The Kier molecular flexibility index (Phi) is 3.26. The first-order valence-electron chi connectivity index (χ1n) is 6.73. The minimum absolute atomic E-state index is 0.0518. The molecular weight excluding hydrogens is 250 g/mol. The second-order valence-electron chi connectivity index (χ2n) is 4.91. The summed E-state index contributed by atoms with van der Waals surface area (Å²) in [6.07, 6.45) is 0.931. The number of carbonyl (C=O) groups excluding carboxylic acids is 1. The second-order valence-corrected chi connectivity index (χ2v) is 4.91. The summed E-state index contributed by atoms with van der Waals surface area (Å²) in [4.78, 5) is 13.8. The van der Waals surface area contributed by atoms with E-state index in [1.54, 1.807) is 0 Å². The molecule has 3 rings (SSSR count). The number of anilines is 1. The number of fused-ring (bicyclic) bond motifs is 1. The van der Waals surface area contributed by atoms with E-state index >= 15 is 0 Å². The summed E-state index contributed by atoms with van der Waals surface area (Å²) in [6, 6.07) is 13.9. The van der Waals surface area contributed by atoms with Crippen LogP contribution in [0.5, 0.6) is 0 Å². The molecule has 1 heterocycles. The average Bonchev–Trinajstić information content (AvgIpc) is 2.70. The Bertz CT molecular complexity index is 702. The van der Waals surface area contributed by atoms with Crippen LogP contribution in [0.1, 0.15) is 12.0 Å². The minimum Gasteiger partial charge on any atom is -0.362 e. The molecule has 4 heteroatoms. The fraction of sp³-hybridized carbons (Fsp3) is 0.250. The molecule has 0 spiro atoms. The molecule has 2 aromatic rings. The van der Waals surface area contributed by atoms with Crippen LogP contribution in [0.3, 0.4) is 0 Å². The Morgan fingerprint density at radius 1 is 1.15 bits per heavy atom. The first-order chi connectivity index (χ1) is 9.79. The van der Waals surface area contributed by atoms with E-state index in [1.165, 1.54) is 0 Å². The molecule has 1 aliphatic heterocycles. The van der Waals surface area contributed by atoms with Crippen LogP contribution in [0.2, 0.25) is 0 Å². The van der Waals surface area contributed by atoms with Crippen molar-refractivity contribution >= 4 is 22.4 Å². The van der Waals surface area contributed by atoms with E-state index in [4.69, 9.17) is 0 Å². The van der Waals surface area contributed by atoms with Gasteiger partial charge in [-0.15, -0.1) is 0 Å². The van der Waals surface area contributed by atoms with E-state index in [0.717, 1.165) is 36.0 Å². The molecule has 1 N–H and O–H groups in total. The molecule has 0 aromatic heterocycles. The molecule has 0 bridgehead atoms. The molecule has 1 fully saturated rings. The summed E-state index contributed by atoms with van der Waals surface area (Å²) < 4.78 is 0. The van der Waals surface area contributed by atoms with Gasteiger partial charge in [0.05, 0.1) is 18.2 Å². The maximum atomic E-state index is 11.7. The molecule has 4 nitrogen and oxygen atoms in total. The third kappa shape index (κ3) is 2.19. The van der Waals surface area contributed by atoms with Gasteiger partial charge in [0.1, 0.15) is 0 Å².